The third-order valence-electron chi connectivity index (χ3n) is 4.15. The maximum absolute atomic E-state index is 10.6. The molecule has 15 heavy (non-hydrogen) atoms. The van der Waals surface area contributed by atoms with Crippen molar-refractivity contribution in [3.63, 3.8) is 0 Å². The van der Waals surface area contributed by atoms with Crippen molar-refractivity contribution in [3.05, 3.63) is 0 Å². The Kier molecular flexibility index (Phi) is 4.60. The number of rotatable bonds is 3. The van der Waals surface area contributed by atoms with Crippen LogP contribution in [0.2, 0.25) is 0 Å². The van der Waals surface area contributed by atoms with Crippen molar-refractivity contribution in [1.82, 2.24) is 4.90 Å². The fraction of sp³-hybridized carbons (Fsp3) is 1.00. The smallest absolute Gasteiger partial charge is 0.0685 e. The Hall–Kier alpha value is -0.0800. The zero-order valence-electron chi connectivity index (χ0n) is 10.8. The lowest BCUT2D eigenvalue weighted by Crippen LogP contribution is -2.38. The first kappa shape index (κ1) is 13.0. The van der Waals surface area contributed by atoms with Gasteiger partial charge in [0.15, 0.2) is 0 Å². The summed E-state index contributed by atoms with van der Waals surface area (Å²) in [5.41, 5.74) is -0.404. The molecule has 1 N–H and O–H groups in total. The molecular weight excluding hydrogens is 186 g/mol. The highest BCUT2D eigenvalue weighted by Crippen LogP contribution is 2.31. The van der Waals surface area contributed by atoms with Crippen LogP contribution in [0.1, 0.15) is 53.4 Å². The summed E-state index contributed by atoms with van der Waals surface area (Å²) < 4.78 is 0. The van der Waals surface area contributed by atoms with Crippen molar-refractivity contribution >= 4 is 0 Å². The normalized spacial score (nSPS) is 31.6. The van der Waals surface area contributed by atoms with Crippen LogP contribution in [0, 0.1) is 5.92 Å². The number of aliphatic hydroxyl groups is 1. The Morgan fingerprint density at radius 1 is 1.20 bits per heavy atom. The van der Waals surface area contributed by atoms with Gasteiger partial charge in [-0.2, -0.15) is 0 Å². The average molecular weight is 213 g/mol. The first-order valence-electron chi connectivity index (χ1n) is 6.46. The lowest BCUT2D eigenvalue weighted by Gasteiger charge is -2.33. The van der Waals surface area contributed by atoms with Crippen LogP contribution in [0.25, 0.3) is 0 Å². The van der Waals surface area contributed by atoms with Gasteiger partial charge >= 0.3 is 0 Å². The van der Waals surface area contributed by atoms with Crippen LogP contribution in [0.5, 0.6) is 0 Å². The van der Waals surface area contributed by atoms with Gasteiger partial charge in [0.05, 0.1) is 5.60 Å². The van der Waals surface area contributed by atoms with E-state index in [0.717, 1.165) is 38.8 Å². The molecule has 1 rings (SSSR count). The summed E-state index contributed by atoms with van der Waals surface area (Å²) in [6, 6.07) is 0.615. The second kappa shape index (κ2) is 5.31. The molecule has 2 unspecified atom stereocenters. The molecule has 0 amide bonds. The van der Waals surface area contributed by atoms with Gasteiger partial charge in [0.2, 0.25) is 0 Å². The van der Waals surface area contributed by atoms with E-state index in [9.17, 15) is 5.11 Å². The van der Waals surface area contributed by atoms with Crippen LogP contribution < -0.4 is 0 Å². The maximum atomic E-state index is 10.6. The fourth-order valence-electron chi connectivity index (χ4n) is 2.55. The first-order valence-corrected chi connectivity index (χ1v) is 6.46. The third-order valence-corrected chi connectivity index (χ3v) is 4.15. The molecule has 2 atom stereocenters. The van der Waals surface area contributed by atoms with Gasteiger partial charge in [-0.05, 0) is 45.6 Å². The van der Waals surface area contributed by atoms with E-state index in [4.69, 9.17) is 0 Å². The van der Waals surface area contributed by atoms with Crippen molar-refractivity contribution in [2.45, 2.75) is 65.0 Å². The molecule has 90 valence electrons. The molecule has 1 saturated heterocycles. The average Bonchev–Trinajstić information content (AvgIpc) is 2.40. The maximum Gasteiger partial charge on any atom is 0.0685 e. The van der Waals surface area contributed by atoms with Crippen molar-refractivity contribution < 1.29 is 5.11 Å². The van der Waals surface area contributed by atoms with Gasteiger partial charge < -0.3 is 10.0 Å². The van der Waals surface area contributed by atoms with E-state index in [1.54, 1.807) is 0 Å². The minimum atomic E-state index is -0.404. The molecule has 1 aliphatic heterocycles. The lowest BCUT2D eigenvalue weighted by molar-refractivity contribution is -0.0264. The van der Waals surface area contributed by atoms with Gasteiger partial charge in [-0.15, -0.1) is 0 Å². The predicted octanol–water partition coefficient (Wildman–Crippen LogP) is 2.66. The fourth-order valence-corrected chi connectivity index (χ4v) is 2.55. The molecule has 0 aromatic rings. The van der Waals surface area contributed by atoms with E-state index in [-0.39, 0.29) is 0 Å². The summed E-state index contributed by atoms with van der Waals surface area (Å²) in [5, 5.41) is 10.6. The van der Waals surface area contributed by atoms with Crippen LogP contribution in [-0.4, -0.2) is 34.7 Å². The summed E-state index contributed by atoms with van der Waals surface area (Å²) >= 11 is 0. The SMILES string of the molecule is CCC(C)C1(O)CCCN(C(C)C)CC1. The monoisotopic (exact) mass is 213 g/mol. The minimum absolute atomic E-state index is 0.404. The van der Waals surface area contributed by atoms with Gasteiger partial charge in [0.25, 0.3) is 0 Å². The Balaban J connectivity index is 2.58. The molecule has 0 aliphatic carbocycles. The van der Waals surface area contributed by atoms with E-state index >= 15 is 0 Å². The standard InChI is InChI=1S/C13H27NO/c1-5-12(4)13(15)7-6-9-14(10-8-13)11(2)3/h11-12,15H,5-10H2,1-4H3. The molecule has 2 heteroatoms. The summed E-state index contributed by atoms with van der Waals surface area (Å²) in [6.45, 7) is 11.1. The Morgan fingerprint density at radius 3 is 2.40 bits per heavy atom. The molecule has 0 radical (unpaired) electrons. The van der Waals surface area contributed by atoms with Crippen LogP contribution in [0.15, 0.2) is 0 Å². The van der Waals surface area contributed by atoms with Crippen molar-refractivity contribution in [3.8, 4) is 0 Å². The zero-order valence-corrected chi connectivity index (χ0v) is 10.8. The Labute approximate surface area is 94.7 Å². The molecule has 1 heterocycles. The predicted molar refractivity (Wildman–Crippen MR) is 65.0 cm³/mol. The molecule has 0 spiro atoms. The van der Waals surface area contributed by atoms with E-state index in [1.165, 1.54) is 0 Å². The van der Waals surface area contributed by atoms with E-state index < -0.39 is 5.60 Å². The lowest BCUT2D eigenvalue weighted by atomic mass is 9.81. The molecule has 1 aliphatic rings. The van der Waals surface area contributed by atoms with E-state index in [0.29, 0.717) is 12.0 Å². The molecule has 2 nitrogen and oxygen atoms in total. The molecule has 0 aromatic carbocycles. The summed E-state index contributed by atoms with van der Waals surface area (Å²) in [7, 11) is 0. The van der Waals surface area contributed by atoms with Gasteiger partial charge in [-0.1, -0.05) is 20.3 Å². The van der Waals surface area contributed by atoms with Gasteiger partial charge in [-0.25, -0.2) is 0 Å². The highest BCUT2D eigenvalue weighted by Gasteiger charge is 2.34. The van der Waals surface area contributed by atoms with Gasteiger partial charge in [0, 0.05) is 12.6 Å². The Bertz CT molecular complexity index is 193. The molecule has 0 saturated carbocycles. The van der Waals surface area contributed by atoms with Crippen molar-refractivity contribution in [2.24, 2.45) is 5.92 Å². The van der Waals surface area contributed by atoms with Crippen molar-refractivity contribution in [2.75, 3.05) is 13.1 Å². The van der Waals surface area contributed by atoms with Crippen molar-refractivity contribution in [1.29, 1.82) is 0 Å². The second-order valence-electron chi connectivity index (χ2n) is 5.40. The summed E-state index contributed by atoms with van der Waals surface area (Å²) in [5.74, 6) is 0.435. The quantitative estimate of drug-likeness (QED) is 0.779. The largest absolute Gasteiger partial charge is 0.390 e. The third kappa shape index (κ3) is 3.18. The number of likely N-dealkylation sites (tertiary alicyclic amines) is 1. The minimum Gasteiger partial charge on any atom is -0.390 e. The van der Waals surface area contributed by atoms with Crippen LogP contribution >= 0.6 is 0 Å². The van der Waals surface area contributed by atoms with Gasteiger partial charge in [-0.3, -0.25) is 0 Å². The van der Waals surface area contributed by atoms with Crippen LogP contribution in [-0.2, 0) is 0 Å². The van der Waals surface area contributed by atoms with E-state index in [2.05, 4.69) is 32.6 Å². The molecular formula is C13H27NO. The molecule has 0 aromatic heterocycles. The highest BCUT2D eigenvalue weighted by molar-refractivity contribution is 4.87. The topological polar surface area (TPSA) is 23.5 Å². The Morgan fingerprint density at radius 2 is 1.87 bits per heavy atom. The number of hydrogen-bond donors (Lipinski definition) is 1. The second-order valence-corrected chi connectivity index (χ2v) is 5.40. The number of nitrogens with zero attached hydrogens (tertiary/aromatic N) is 1. The van der Waals surface area contributed by atoms with Crippen LogP contribution in [0.4, 0.5) is 0 Å². The van der Waals surface area contributed by atoms with E-state index in [1.807, 2.05) is 0 Å². The first-order chi connectivity index (χ1) is 6.99. The zero-order chi connectivity index (χ0) is 11.5. The highest BCUT2D eigenvalue weighted by atomic mass is 16.3. The number of hydrogen-bond acceptors (Lipinski definition) is 2. The molecule has 1 fully saturated rings. The summed E-state index contributed by atoms with van der Waals surface area (Å²) in [4.78, 5) is 2.49. The van der Waals surface area contributed by atoms with Gasteiger partial charge in [0.1, 0.15) is 0 Å². The summed E-state index contributed by atoms with van der Waals surface area (Å²) in [6.07, 6.45) is 4.14. The molecule has 0 bridgehead atoms. The van der Waals surface area contributed by atoms with Crippen LogP contribution in [0.3, 0.4) is 0 Å².